The maximum Gasteiger partial charge on any atom is 0.252 e. The number of carbonyl (C=O) groups excluding carboxylic acids is 2. The molecule has 0 atom stereocenters. The van der Waals surface area contributed by atoms with Gasteiger partial charge < -0.3 is 15.4 Å². The molecule has 2 N–H and O–H groups in total. The number of carbonyl (C=O) groups is 2. The van der Waals surface area contributed by atoms with E-state index in [9.17, 15) is 18.0 Å². The highest BCUT2D eigenvalue weighted by atomic mass is 32.2. The number of nitrogens with zero attached hydrogens (tertiary/aromatic N) is 2. The van der Waals surface area contributed by atoms with Gasteiger partial charge >= 0.3 is 0 Å². The second-order valence-corrected chi connectivity index (χ2v) is 11.1. The molecule has 34 heavy (non-hydrogen) atoms. The van der Waals surface area contributed by atoms with Crippen molar-refractivity contribution in [3.05, 3.63) is 65.4 Å². The summed E-state index contributed by atoms with van der Waals surface area (Å²) in [5.74, 6) is -1.04. The van der Waals surface area contributed by atoms with Crippen LogP contribution >= 0.6 is 0 Å². The summed E-state index contributed by atoms with van der Waals surface area (Å²) >= 11 is 0. The third kappa shape index (κ3) is 4.21. The van der Waals surface area contributed by atoms with Gasteiger partial charge in [-0.2, -0.15) is 4.31 Å². The first-order valence-corrected chi connectivity index (χ1v) is 12.6. The molecule has 2 aliphatic rings. The molecule has 8 nitrogen and oxygen atoms in total. The van der Waals surface area contributed by atoms with Gasteiger partial charge in [-0.1, -0.05) is 32.0 Å². The maximum atomic E-state index is 12.8. The summed E-state index contributed by atoms with van der Waals surface area (Å²) in [6, 6.07) is 12.0. The van der Waals surface area contributed by atoms with E-state index in [2.05, 4.69) is 13.8 Å². The molecule has 2 heterocycles. The molecule has 1 fully saturated rings. The molecule has 0 unspecified atom stereocenters. The zero-order valence-corrected chi connectivity index (χ0v) is 20.4. The second-order valence-electron chi connectivity index (χ2n) is 9.12. The van der Waals surface area contributed by atoms with Gasteiger partial charge in [0.1, 0.15) is 5.75 Å². The number of nitrogens with two attached hydrogens (primary N) is 1. The SMILES string of the molecule is CN1/C(=C/C(=O)COc2ccc(S(=O)(=O)N3CCCC3)cc2C(N)=O)C(C)(C)c2ccccc21. The predicted molar refractivity (Wildman–Crippen MR) is 129 cm³/mol. The van der Waals surface area contributed by atoms with Gasteiger partial charge in [0.2, 0.25) is 10.0 Å². The molecule has 2 aromatic rings. The molecule has 4 rings (SSSR count). The lowest BCUT2D eigenvalue weighted by Crippen LogP contribution is -2.28. The third-order valence-electron chi connectivity index (χ3n) is 6.53. The Balaban J connectivity index is 1.53. The number of primary amides is 1. The van der Waals surface area contributed by atoms with Crippen LogP contribution in [0.1, 0.15) is 42.6 Å². The predicted octanol–water partition coefficient (Wildman–Crippen LogP) is 2.83. The number of para-hydroxylation sites is 1. The van der Waals surface area contributed by atoms with Crippen molar-refractivity contribution in [1.29, 1.82) is 0 Å². The molecule has 0 aliphatic carbocycles. The summed E-state index contributed by atoms with van der Waals surface area (Å²) in [6.07, 6.45) is 3.16. The number of ketones is 1. The molecule has 0 radical (unpaired) electrons. The van der Waals surface area contributed by atoms with Crippen LogP contribution in [0.2, 0.25) is 0 Å². The topological polar surface area (TPSA) is 110 Å². The minimum absolute atomic E-state index is 0.0175. The Bertz CT molecular complexity index is 1280. The summed E-state index contributed by atoms with van der Waals surface area (Å²) in [6.45, 7) is 4.69. The van der Waals surface area contributed by atoms with Crippen molar-refractivity contribution < 1.29 is 22.7 Å². The summed E-state index contributed by atoms with van der Waals surface area (Å²) in [7, 11) is -1.80. The fraction of sp³-hybridized carbons (Fsp3) is 0.360. The largest absolute Gasteiger partial charge is 0.485 e. The van der Waals surface area contributed by atoms with Gasteiger partial charge in [-0.25, -0.2) is 8.42 Å². The van der Waals surface area contributed by atoms with Crippen LogP contribution in [-0.4, -0.2) is 51.2 Å². The van der Waals surface area contributed by atoms with Gasteiger partial charge in [-0.05, 0) is 42.7 Å². The first kappa shape index (κ1) is 24.0. The lowest BCUT2D eigenvalue weighted by Gasteiger charge is -2.24. The Morgan fingerprint density at radius 3 is 2.44 bits per heavy atom. The number of likely N-dealkylation sites (N-methyl/N-ethyl adjacent to an activating group) is 1. The number of amides is 1. The van der Waals surface area contributed by atoms with E-state index in [1.165, 1.54) is 22.5 Å². The van der Waals surface area contributed by atoms with Gasteiger partial charge in [0, 0.05) is 43.0 Å². The van der Waals surface area contributed by atoms with Crippen LogP contribution in [0.25, 0.3) is 0 Å². The van der Waals surface area contributed by atoms with E-state index in [4.69, 9.17) is 10.5 Å². The molecular formula is C25H29N3O5S. The Kier molecular flexibility index (Phi) is 6.26. The average Bonchev–Trinajstić information content (AvgIpc) is 3.41. The van der Waals surface area contributed by atoms with E-state index < -0.39 is 15.9 Å². The minimum atomic E-state index is -3.72. The first-order valence-electron chi connectivity index (χ1n) is 11.2. The smallest absolute Gasteiger partial charge is 0.252 e. The van der Waals surface area contributed by atoms with Gasteiger partial charge in [0.25, 0.3) is 5.91 Å². The first-order chi connectivity index (χ1) is 16.0. The maximum absolute atomic E-state index is 12.8. The number of allylic oxidation sites excluding steroid dienone is 1. The van der Waals surface area contributed by atoms with Crippen LogP contribution in [0, 0.1) is 0 Å². The van der Waals surface area contributed by atoms with Crippen LogP contribution < -0.4 is 15.4 Å². The lowest BCUT2D eigenvalue weighted by atomic mass is 9.83. The summed E-state index contributed by atoms with van der Waals surface area (Å²) in [5, 5.41) is 0. The van der Waals surface area contributed by atoms with E-state index in [0.29, 0.717) is 13.1 Å². The van der Waals surface area contributed by atoms with E-state index >= 15 is 0 Å². The van der Waals surface area contributed by atoms with Crippen molar-refractivity contribution in [2.24, 2.45) is 5.73 Å². The highest BCUT2D eigenvalue weighted by Crippen LogP contribution is 2.46. The van der Waals surface area contributed by atoms with Crippen molar-refractivity contribution in [3.8, 4) is 5.75 Å². The summed E-state index contributed by atoms with van der Waals surface area (Å²) in [5.41, 5.74) is 8.06. The standard InChI is InChI=1S/C25H29N3O5S/c1-25(2)20-8-4-5-9-21(20)27(3)23(25)14-17(29)16-33-22-11-10-18(15-19(22)24(26)30)34(31,32)28-12-6-7-13-28/h4-5,8-11,14-15H,6-7,12-13,16H2,1-3H3,(H2,26,30)/b23-14+. The van der Waals surface area contributed by atoms with E-state index in [0.717, 1.165) is 29.8 Å². The van der Waals surface area contributed by atoms with E-state index in [1.807, 2.05) is 36.2 Å². The zero-order valence-electron chi connectivity index (χ0n) is 19.6. The molecule has 0 saturated carbocycles. The highest BCUT2D eigenvalue weighted by molar-refractivity contribution is 7.89. The lowest BCUT2D eigenvalue weighted by molar-refractivity contribution is -0.116. The molecule has 0 bridgehead atoms. The van der Waals surface area contributed by atoms with Crippen molar-refractivity contribution in [1.82, 2.24) is 4.31 Å². The minimum Gasteiger partial charge on any atom is -0.485 e. The van der Waals surface area contributed by atoms with Crippen LogP contribution in [0.3, 0.4) is 0 Å². The Morgan fingerprint density at radius 1 is 1.12 bits per heavy atom. The molecular weight excluding hydrogens is 454 g/mol. The molecule has 0 spiro atoms. The number of benzene rings is 2. The third-order valence-corrected chi connectivity index (χ3v) is 8.42. The van der Waals surface area contributed by atoms with E-state index in [-0.39, 0.29) is 34.0 Å². The quantitative estimate of drug-likeness (QED) is 0.607. The number of anilines is 1. The fourth-order valence-corrected chi connectivity index (χ4v) is 6.21. The number of hydrogen-bond acceptors (Lipinski definition) is 6. The number of fused-ring (bicyclic) bond motifs is 1. The van der Waals surface area contributed by atoms with Crippen LogP contribution in [0.15, 0.2) is 59.1 Å². The average molecular weight is 484 g/mol. The van der Waals surface area contributed by atoms with Crippen LogP contribution in [-0.2, 0) is 20.2 Å². The molecule has 1 saturated heterocycles. The van der Waals surface area contributed by atoms with Gasteiger partial charge in [0.05, 0.1) is 10.5 Å². The Morgan fingerprint density at radius 2 is 1.79 bits per heavy atom. The highest BCUT2D eigenvalue weighted by Gasteiger charge is 2.38. The number of sulfonamides is 1. The molecule has 1 amide bonds. The Labute approximate surface area is 200 Å². The fourth-order valence-electron chi connectivity index (χ4n) is 4.67. The van der Waals surface area contributed by atoms with Gasteiger partial charge in [-0.3, -0.25) is 9.59 Å². The van der Waals surface area contributed by atoms with Crippen molar-refractivity contribution in [2.45, 2.75) is 37.0 Å². The van der Waals surface area contributed by atoms with Crippen molar-refractivity contribution in [2.75, 3.05) is 31.6 Å². The monoisotopic (exact) mass is 483 g/mol. The van der Waals surface area contributed by atoms with Crippen molar-refractivity contribution in [3.63, 3.8) is 0 Å². The van der Waals surface area contributed by atoms with Crippen LogP contribution in [0.4, 0.5) is 5.69 Å². The zero-order chi connectivity index (χ0) is 24.7. The van der Waals surface area contributed by atoms with Gasteiger partial charge in [-0.15, -0.1) is 0 Å². The Hall–Kier alpha value is -3.17. The normalized spacial score (nSPS) is 18.8. The molecule has 9 heteroatoms. The van der Waals surface area contributed by atoms with Crippen molar-refractivity contribution >= 4 is 27.4 Å². The summed E-state index contributed by atoms with van der Waals surface area (Å²) < 4.78 is 32.7. The second kappa shape index (κ2) is 8.88. The number of rotatable bonds is 7. The summed E-state index contributed by atoms with van der Waals surface area (Å²) in [4.78, 5) is 26.8. The van der Waals surface area contributed by atoms with Gasteiger partial charge in [0.15, 0.2) is 12.4 Å². The van der Waals surface area contributed by atoms with Crippen LogP contribution in [0.5, 0.6) is 5.75 Å². The molecule has 2 aromatic carbocycles. The number of ether oxygens (including phenoxy) is 1. The molecule has 180 valence electrons. The molecule has 0 aromatic heterocycles. The molecule has 2 aliphatic heterocycles. The number of hydrogen-bond donors (Lipinski definition) is 1. The van der Waals surface area contributed by atoms with E-state index in [1.54, 1.807) is 6.08 Å².